The molecule has 0 aromatic rings. The Bertz CT molecular complexity index is 151. The molecule has 3 nitrogen and oxygen atoms in total. The summed E-state index contributed by atoms with van der Waals surface area (Å²) in [6, 6.07) is 0. The summed E-state index contributed by atoms with van der Waals surface area (Å²) in [6.45, 7) is 9.94. The van der Waals surface area contributed by atoms with E-state index in [4.69, 9.17) is 0 Å². The number of rotatable bonds is 3. The molecule has 0 saturated carbocycles. The van der Waals surface area contributed by atoms with Gasteiger partial charge in [-0.2, -0.15) is 0 Å². The van der Waals surface area contributed by atoms with Crippen molar-refractivity contribution in [1.29, 1.82) is 0 Å². The molecule has 0 atom stereocenters. The Hall–Kier alpha value is -0.410. The molecule has 1 aliphatic heterocycles. The summed E-state index contributed by atoms with van der Waals surface area (Å²) in [5.41, 5.74) is 0. The van der Waals surface area contributed by atoms with E-state index in [1.165, 1.54) is 0 Å². The highest BCUT2D eigenvalue weighted by Crippen LogP contribution is 2.00. The normalized spacial score (nSPS) is 21.2. The molecule has 0 aromatic heterocycles. The monoisotopic (exact) mass is 170 g/mol. The molecule has 0 aliphatic carbocycles. The first kappa shape index (κ1) is 9.68. The molecule has 3 heteroatoms. The molecule has 1 saturated heterocycles. The zero-order valence-electron chi connectivity index (χ0n) is 8.05. The maximum absolute atomic E-state index is 10.8. The number of ketones is 1. The molecule has 0 bridgehead atoms. The summed E-state index contributed by atoms with van der Waals surface area (Å²) in [5, 5.41) is 0. The van der Waals surface area contributed by atoms with Crippen LogP contribution in [0.1, 0.15) is 13.8 Å². The van der Waals surface area contributed by atoms with Crippen molar-refractivity contribution in [3.63, 3.8) is 0 Å². The van der Waals surface area contributed by atoms with E-state index < -0.39 is 0 Å². The predicted octanol–water partition coefficient (Wildman–Crippen LogP) is 0.213. The van der Waals surface area contributed by atoms with E-state index in [0.29, 0.717) is 6.54 Å². The zero-order valence-corrected chi connectivity index (χ0v) is 8.05. The second kappa shape index (κ2) is 4.58. The first-order valence-corrected chi connectivity index (χ1v) is 4.66. The Morgan fingerprint density at radius 1 is 1.17 bits per heavy atom. The Morgan fingerprint density at radius 3 is 2.08 bits per heavy atom. The molecule has 0 spiro atoms. The first-order chi connectivity index (χ1) is 5.72. The van der Waals surface area contributed by atoms with Crippen molar-refractivity contribution in [3.05, 3.63) is 0 Å². The van der Waals surface area contributed by atoms with Crippen LogP contribution < -0.4 is 0 Å². The van der Waals surface area contributed by atoms with Gasteiger partial charge in [-0.15, -0.1) is 0 Å². The van der Waals surface area contributed by atoms with E-state index >= 15 is 0 Å². The smallest absolute Gasteiger partial charge is 0.143 e. The molecule has 70 valence electrons. The van der Waals surface area contributed by atoms with Crippen molar-refractivity contribution in [2.24, 2.45) is 0 Å². The third-order valence-corrected chi connectivity index (χ3v) is 2.36. The van der Waals surface area contributed by atoms with Crippen LogP contribution in [0, 0.1) is 0 Å². The van der Waals surface area contributed by atoms with Crippen LogP contribution in [0.4, 0.5) is 0 Å². The van der Waals surface area contributed by atoms with Crippen LogP contribution in [0.15, 0.2) is 0 Å². The SMILES string of the molecule is CCN1CCN(CC(C)=O)CC1. The fourth-order valence-corrected chi connectivity index (χ4v) is 1.58. The number of likely N-dealkylation sites (N-methyl/N-ethyl adjacent to an activating group) is 1. The Labute approximate surface area is 74.3 Å². The van der Waals surface area contributed by atoms with Crippen LogP contribution in [0.25, 0.3) is 0 Å². The van der Waals surface area contributed by atoms with Gasteiger partial charge in [0, 0.05) is 26.2 Å². The van der Waals surface area contributed by atoms with Crippen LogP contribution in [-0.2, 0) is 4.79 Å². The minimum absolute atomic E-state index is 0.278. The number of carbonyl (C=O) groups is 1. The van der Waals surface area contributed by atoms with E-state index in [-0.39, 0.29) is 5.78 Å². The van der Waals surface area contributed by atoms with E-state index in [1.54, 1.807) is 6.92 Å². The summed E-state index contributed by atoms with van der Waals surface area (Å²) < 4.78 is 0. The molecule has 1 fully saturated rings. The average molecular weight is 170 g/mol. The van der Waals surface area contributed by atoms with Gasteiger partial charge in [0.05, 0.1) is 6.54 Å². The Balaban J connectivity index is 2.21. The van der Waals surface area contributed by atoms with E-state index in [0.717, 1.165) is 32.7 Å². The maximum Gasteiger partial charge on any atom is 0.143 e. The Kier molecular flexibility index (Phi) is 3.69. The van der Waals surface area contributed by atoms with Gasteiger partial charge in [0.25, 0.3) is 0 Å². The van der Waals surface area contributed by atoms with Crippen LogP contribution in [0.5, 0.6) is 0 Å². The number of hydrogen-bond acceptors (Lipinski definition) is 3. The summed E-state index contributed by atoms with van der Waals surface area (Å²) >= 11 is 0. The third kappa shape index (κ3) is 2.91. The third-order valence-electron chi connectivity index (χ3n) is 2.36. The maximum atomic E-state index is 10.8. The van der Waals surface area contributed by atoms with Gasteiger partial charge in [0.1, 0.15) is 5.78 Å². The van der Waals surface area contributed by atoms with Crippen molar-refractivity contribution in [1.82, 2.24) is 9.80 Å². The molecule has 0 aromatic carbocycles. The van der Waals surface area contributed by atoms with Crippen LogP contribution in [-0.4, -0.2) is 54.9 Å². The van der Waals surface area contributed by atoms with Gasteiger partial charge >= 0.3 is 0 Å². The fourth-order valence-electron chi connectivity index (χ4n) is 1.58. The van der Waals surface area contributed by atoms with E-state index in [2.05, 4.69) is 16.7 Å². The molecule has 0 N–H and O–H groups in total. The molecular formula is C9H18N2O. The van der Waals surface area contributed by atoms with Gasteiger partial charge in [0.15, 0.2) is 0 Å². The van der Waals surface area contributed by atoms with Crippen molar-refractivity contribution in [2.45, 2.75) is 13.8 Å². The predicted molar refractivity (Wildman–Crippen MR) is 49.2 cm³/mol. The van der Waals surface area contributed by atoms with Crippen molar-refractivity contribution >= 4 is 5.78 Å². The molecule has 1 heterocycles. The lowest BCUT2D eigenvalue weighted by atomic mass is 10.3. The van der Waals surface area contributed by atoms with Gasteiger partial charge in [0.2, 0.25) is 0 Å². The number of hydrogen-bond donors (Lipinski definition) is 0. The number of piperazine rings is 1. The summed E-state index contributed by atoms with van der Waals surface area (Å²) in [4.78, 5) is 15.5. The van der Waals surface area contributed by atoms with Gasteiger partial charge < -0.3 is 4.90 Å². The second-order valence-electron chi connectivity index (χ2n) is 3.41. The topological polar surface area (TPSA) is 23.6 Å². The molecule has 0 amide bonds. The van der Waals surface area contributed by atoms with Gasteiger partial charge in [-0.25, -0.2) is 0 Å². The summed E-state index contributed by atoms with van der Waals surface area (Å²) in [5.74, 6) is 0.278. The number of carbonyl (C=O) groups excluding carboxylic acids is 1. The fraction of sp³-hybridized carbons (Fsp3) is 0.889. The number of Topliss-reactive ketones (excluding diaryl/α,β-unsaturated/α-hetero) is 1. The molecular weight excluding hydrogens is 152 g/mol. The van der Waals surface area contributed by atoms with Crippen LogP contribution in [0.3, 0.4) is 0 Å². The summed E-state index contributed by atoms with van der Waals surface area (Å²) in [6.07, 6.45) is 0. The number of nitrogens with zero attached hydrogens (tertiary/aromatic N) is 2. The second-order valence-corrected chi connectivity index (χ2v) is 3.41. The standard InChI is InChI=1S/C9H18N2O/c1-3-10-4-6-11(7-5-10)8-9(2)12/h3-8H2,1-2H3. The van der Waals surface area contributed by atoms with E-state index in [9.17, 15) is 4.79 Å². The van der Waals surface area contributed by atoms with Crippen LogP contribution >= 0.6 is 0 Å². The molecule has 1 aliphatic rings. The van der Waals surface area contributed by atoms with Crippen molar-refractivity contribution in [2.75, 3.05) is 39.3 Å². The Morgan fingerprint density at radius 2 is 1.67 bits per heavy atom. The molecule has 0 radical (unpaired) electrons. The highest BCUT2D eigenvalue weighted by Gasteiger charge is 2.15. The molecule has 0 unspecified atom stereocenters. The average Bonchev–Trinajstić information content (AvgIpc) is 2.05. The lowest BCUT2D eigenvalue weighted by Gasteiger charge is -2.33. The van der Waals surface area contributed by atoms with Crippen LogP contribution in [0.2, 0.25) is 0 Å². The molecule has 1 rings (SSSR count). The van der Waals surface area contributed by atoms with Gasteiger partial charge in [-0.3, -0.25) is 9.69 Å². The van der Waals surface area contributed by atoms with E-state index in [1.807, 2.05) is 0 Å². The van der Waals surface area contributed by atoms with Gasteiger partial charge in [-0.1, -0.05) is 6.92 Å². The molecule has 12 heavy (non-hydrogen) atoms. The minimum Gasteiger partial charge on any atom is -0.301 e. The zero-order chi connectivity index (χ0) is 8.97. The van der Waals surface area contributed by atoms with Gasteiger partial charge in [-0.05, 0) is 13.5 Å². The largest absolute Gasteiger partial charge is 0.301 e. The first-order valence-electron chi connectivity index (χ1n) is 4.66. The lowest BCUT2D eigenvalue weighted by Crippen LogP contribution is -2.47. The summed E-state index contributed by atoms with van der Waals surface area (Å²) in [7, 11) is 0. The quantitative estimate of drug-likeness (QED) is 0.605. The highest BCUT2D eigenvalue weighted by atomic mass is 16.1. The minimum atomic E-state index is 0.278. The van der Waals surface area contributed by atoms with Crippen molar-refractivity contribution < 1.29 is 4.79 Å². The van der Waals surface area contributed by atoms with Crippen molar-refractivity contribution in [3.8, 4) is 0 Å². The highest BCUT2D eigenvalue weighted by molar-refractivity contribution is 5.77. The lowest BCUT2D eigenvalue weighted by molar-refractivity contribution is -0.118.